The van der Waals surface area contributed by atoms with E-state index in [4.69, 9.17) is 21.9 Å². The van der Waals surface area contributed by atoms with Crippen molar-refractivity contribution in [2.45, 2.75) is 33.1 Å². The highest BCUT2D eigenvalue weighted by Gasteiger charge is 2.19. The molecule has 114 valence electrons. The van der Waals surface area contributed by atoms with Crippen LogP contribution in [0.15, 0.2) is 22.7 Å². The third kappa shape index (κ3) is 4.25. The Hall–Kier alpha value is -1.46. The topological polar surface area (TPSA) is 64.9 Å². The zero-order valence-electron chi connectivity index (χ0n) is 12.2. The molecule has 0 saturated carbocycles. The second-order valence-electron chi connectivity index (χ2n) is 5.84. The molecule has 0 aliphatic carbocycles. The first kappa shape index (κ1) is 15.9. The number of aromatic nitrogens is 2. The number of halogens is 2. The fourth-order valence-electron chi connectivity index (χ4n) is 2.10. The number of benzene rings is 1. The van der Waals surface area contributed by atoms with Crippen LogP contribution in [0.4, 0.5) is 4.39 Å². The van der Waals surface area contributed by atoms with Gasteiger partial charge in [-0.25, -0.2) is 4.39 Å². The van der Waals surface area contributed by atoms with Gasteiger partial charge in [0.1, 0.15) is 5.82 Å². The molecule has 0 bridgehead atoms. The maximum absolute atomic E-state index is 13.0. The maximum atomic E-state index is 13.0. The van der Waals surface area contributed by atoms with E-state index in [1.54, 1.807) is 6.07 Å². The molecule has 0 amide bonds. The Balaban J connectivity index is 2.08. The van der Waals surface area contributed by atoms with Gasteiger partial charge in [-0.1, -0.05) is 30.6 Å². The van der Waals surface area contributed by atoms with Crippen LogP contribution in [0.1, 0.15) is 32.6 Å². The Kier molecular flexibility index (Phi) is 4.96. The van der Waals surface area contributed by atoms with Crippen molar-refractivity contribution in [3.63, 3.8) is 0 Å². The van der Waals surface area contributed by atoms with Crippen LogP contribution < -0.4 is 5.73 Å². The Bertz CT molecular complexity index is 613. The summed E-state index contributed by atoms with van der Waals surface area (Å²) in [5, 5.41) is 4.18. The highest BCUT2D eigenvalue weighted by molar-refractivity contribution is 6.33. The molecule has 2 rings (SSSR count). The van der Waals surface area contributed by atoms with E-state index in [2.05, 4.69) is 24.0 Å². The molecule has 21 heavy (non-hydrogen) atoms. The quantitative estimate of drug-likeness (QED) is 0.880. The predicted molar refractivity (Wildman–Crippen MR) is 80.5 cm³/mol. The predicted octanol–water partition coefficient (Wildman–Crippen LogP) is 3.84. The number of rotatable bonds is 6. The number of nitrogens with zero attached hydrogens (tertiary/aromatic N) is 2. The summed E-state index contributed by atoms with van der Waals surface area (Å²) in [4.78, 5) is 4.32. The fourth-order valence-corrected chi connectivity index (χ4v) is 2.35. The van der Waals surface area contributed by atoms with Crippen LogP contribution in [0, 0.1) is 11.2 Å². The molecule has 1 heterocycles. The molecule has 6 heteroatoms. The molecule has 0 radical (unpaired) electrons. The summed E-state index contributed by atoms with van der Waals surface area (Å²) in [6.45, 7) is 4.98. The zero-order valence-corrected chi connectivity index (χ0v) is 13.0. The van der Waals surface area contributed by atoms with Crippen molar-refractivity contribution in [2.24, 2.45) is 11.1 Å². The van der Waals surface area contributed by atoms with Gasteiger partial charge in [0.05, 0.1) is 5.02 Å². The van der Waals surface area contributed by atoms with Crippen molar-refractivity contribution in [3.05, 3.63) is 34.9 Å². The third-order valence-corrected chi connectivity index (χ3v) is 3.79. The summed E-state index contributed by atoms with van der Waals surface area (Å²) in [5.41, 5.74) is 6.30. The van der Waals surface area contributed by atoms with Gasteiger partial charge in [-0.2, -0.15) is 4.98 Å². The summed E-state index contributed by atoms with van der Waals surface area (Å²) in [6, 6.07) is 4.10. The fraction of sp³-hybridized carbons (Fsp3) is 0.467. The molecule has 0 atom stereocenters. The first-order chi connectivity index (χ1) is 9.91. The minimum Gasteiger partial charge on any atom is -0.339 e. The van der Waals surface area contributed by atoms with Crippen LogP contribution in [0.2, 0.25) is 5.02 Å². The molecule has 0 unspecified atom stereocenters. The van der Waals surface area contributed by atoms with E-state index >= 15 is 0 Å². The maximum Gasteiger partial charge on any atom is 0.226 e. The standard InChI is InChI=1S/C15H19ClFN3O/c1-15(2,7-8-18)6-5-13-19-14(20-21-13)11-4-3-10(17)9-12(11)16/h3-4,9H,5-8,18H2,1-2H3. The second-order valence-corrected chi connectivity index (χ2v) is 6.25. The van der Waals surface area contributed by atoms with Gasteiger partial charge >= 0.3 is 0 Å². The molecule has 1 aromatic heterocycles. The second kappa shape index (κ2) is 6.54. The minimum absolute atomic E-state index is 0.136. The largest absolute Gasteiger partial charge is 0.339 e. The number of aryl methyl sites for hydroxylation is 1. The number of hydrogen-bond donors (Lipinski definition) is 1. The normalized spacial score (nSPS) is 11.9. The molecule has 0 fully saturated rings. The Labute approximate surface area is 128 Å². The van der Waals surface area contributed by atoms with Crippen LogP contribution in [-0.2, 0) is 6.42 Å². The smallest absolute Gasteiger partial charge is 0.226 e. The van der Waals surface area contributed by atoms with Crippen LogP contribution in [0.5, 0.6) is 0 Å². The molecule has 0 saturated heterocycles. The summed E-state index contributed by atoms with van der Waals surface area (Å²) in [6.07, 6.45) is 2.53. The molecule has 0 aliphatic rings. The first-order valence-electron chi connectivity index (χ1n) is 6.89. The van der Waals surface area contributed by atoms with Gasteiger partial charge in [0, 0.05) is 12.0 Å². The highest BCUT2D eigenvalue weighted by atomic mass is 35.5. The van der Waals surface area contributed by atoms with Crippen LogP contribution >= 0.6 is 11.6 Å². The van der Waals surface area contributed by atoms with Gasteiger partial charge in [-0.05, 0) is 43.0 Å². The molecule has 0 aliphatic heterocycles. The Morgan fingerprint density at radius 2 is 2.10 bits per heavy atom. The van der Waals surface area contributed by atoms with Gasteiger partial charge in [0.15, 0.2) is 0 Å². The molecular formula is C15H19ClFN3O. The van der Waals surface area contributed by atoms with E-state index in [0.717, 1.165) is 12.8 Å². The lowest BCUT2D eigenvalue weighted by atomic mass is 9.84. The number of nitrogens with two attached hydrogens (primary N) is 1. The van der Waals surface area contributed by atoms with Crippen LogP contribution in [0.3, 0.4) is 0 Å². The van der Waals surface area contributed by atoms with E-state index in [0.29, 0.717) is 30.2 Å². The van der Waals surface area contributed by atoms with E-state index in [1.807, 2.05) is 0 Å². The van der Waals surface area contributed by atoms with Gasteiger partial charge in [0.25, 0.3) is 0 Å². The third-order valence-electron chi connectivity index (χ3n) is 3.48. The lowest BCUT2D eigenvalue weighted by Crippen LogP contribution is -2.17. The van der Waals surface area contributed by atoms with Crippen LogP contribution in [0.25, 0.3) is 11.4 Å². The average Bonchev–Trinajstić information content (AvgIpc) is 2.85. The first-order valence-corrected chi connectivity index (χ1v) is 7.27. The van der Waals surface area contributed by atoms with Crippen LogP contribution in [-0.4, -0.2) is 16.7 Å². The molecule has 1 aromatic carbocycles. The van der Waals surface area contributed by atoms with Gasteiger partial charge in [-0.15, -0.1) is 0 Å². The van der Waals surface area contributed by atoms with Gasteiger partial charge < -0.3 is 10.3 Å². The Morgan fingerprint density at radius 3 is 2.76 bits per heavy atom. The van der Waals surface area contributed by atoms with Crippen molar-refractivity contribution >= 4 is 11.6 Å². The van der Waals surface area contributed by atoms with Crippen molar-refractivity contribution in [2.75, 3.05) is 6.54 Å². The summed E-state index contributed by atoms with van der Waals surface area (Å²) in [7, 11) is 0. The lowest BCUT2D eigenvalue weighted by molar-refractivity contribution is 0.289. The van der Waals surface area contributed by atoms with Crippen molar-refractivity contribution < 1.29 is 8.91 Å². The van der Waals surface area contributed by atoms with E-state index in [9.17, 15) is 4.39 Å². The molecular weight excluding hydrogens is 293 g/mol. The zero-order chi connectivity index (χ0) is 15.5. The van der Waals surface area contributed by atoms with E-state index in [1.165, 1.54) is 12.1 Å². The van der Waals surface area contributed by atoms with Gasteiger partial charge in [-0.3, -0.25) is 0 Å². The summed E-state index contributed by atoms with van der Waals surface area (Å²) in [5.74, 6) is 0.540. The average molecular weight is 312 g/mol. The SMILES string of the molecule is CC(C)(CCN)CCc1nc(-c2ccc(F)cc2Cl)no1. The van der Waals surface area contributed by atoms with Gasteiger partial charge in [0.2, 0.25) is 11.7 Å². The monoisotopic (exact) mass is 311 g/mol. The summed E-state index contributed by atoms with van der Waals surface area (Å²) < 4.78 is 18.3. The molecule has 2 aromatic rings. The Morgan fingerprint density at radius 1 is 1.33 bits per heavy atom. The lowest BCUT2D eigenvalue weighted by Gasteiger charge is -2.22. The van der Waals surface area contributed by atoms with E-state index in [-0.39, 0.29) is 10.4 Å². The molecule has 2 N–H and O–H groups in total. The summed E-state index contributed by atoms with van der Waals surface area (Å²) >= 11 is 5.99. The number of hydrogen-bond acceptors (Lipinski definition) is 4. The minimum atomic E-state index is -0.393. The van der Waals surface area contributed by atoms with Crippen molar-refractivity contribution in [1.29, 1.82) is 0 Å². The van der Waals surface area contributed by atoms with E-state index < -0.39 is 5.82 Å². The van der Waals surface area contributed by atoms with Crippen molar-refractivity contribution in [1.82, 2.24) is 10.1 Å². The molecule has 0 spiro atoms. The van der Waals surface area contributed by atoms with Crippen molar-refractivity contribution in [3.8, 4) is 11.4 Å². The molecule has 4 nitrogen and oxygen atoms in total. The highest BCUT2D eigenvalue weighted by Crippen LogP contribution is 2.28.